The number of rotatable bonds is 8. The van der Waals surface area contributed by atoms with Crippen LogP contribution < -0.4 is 4.90 Å². The number of carboxylic acid groups (broad SMARTS) is 1. The minimum atomic E-state index is -3.14. The molecule has 0 aromatic heterocycles. The van der Waals surface area contributed by atoms with Gasteiger partial charge in [0.15, 0.2) is 0 Å². The van der Waals surface area contributed by atoms with Gasteiger partial charge in [0.1, 0.15) is 0 Å². The van der Waals surface area contributed by atoms with Crippen LogP contribution in [0.15, 0.2) is 24.3 Å². The molecule has 0 radical (unpaired) electrons. The Labute approximate surface area is 125 Å². The lowest BCUT2D eigenvalue weighted by atomic mass is 10.2. The molecule has 0 aliphatic carbocycles. The summed E-state index contributed by atoms with van der Waals surface area (Å²) in [5.74, 6) is 0. The Morgan fingerprint density at radius 1 is 1.14 bits per heavy atom. The number of amides is 1. The van der Waals surface area contributed by atoms with E-state index < -0.39 is 13.7 Å². The zero-order valence-corrected chi connectivity index (χ0v) is 13.5. The molecule has 6 nitrogen and oxygen atoms in total. The normalized spacial score (nSPS) is 11.4. The molecule has 0 saturated heterocycles. The zero-order chi connectivity index (χ0) is 15.9. The quantitative estimate of drug-likeness (QED) is 0.735. The first kappa shape index (κ1) is 17.7. The summed E-state index contributed by atoms with van der Waals surface area (Å²) in [6.07, 6.45) is -0.826. The van der Waals surface area contributed by atoms with E-state index in [-0.39, 0.29) is 6.16 Å². The fraction of sp³-hybridized carbons (Fsp3) is 0.500. The van der Waals surface area contributed by atoms with Crippen LogP contribution in [0.2, 0.25) is 0 Å². The van der Waals surface area contributed by atoms with E-state index in [0.29, 0.717) is 25.4 Å². The lowest BCUT2D eigenvalue weighted by Gasteiger charge is -2.19. The summed E-state index contributed by atoms with van der Waals surface area (Å²) in [7, 11) is -3.14. The van der Waals surface area contributed by atoms with Gasteiger partial charge in [-0.2, -0.15) is 0 Å². The summed E-state index contributed by atoms with van der Waals surface area (Å²) in [5, 5.41) is 9.06. The maximum atomic E-state index is 12.4. The van der Waals surface area contributed by atoms with Gasteiger partial charge in [0.2, 0.25) is 0 Å². The third-order valence-corrected chi connectivity index (χ3v) is 4.88. The summed E-state index contributed by atoms with van der Waals surface area (Å²) >= 11 is 0. The van der Waals surface area contributed by atoms with Crippen molar-refractivity contribution in [2.24, 2.45) is 0 Å². The van der Waals surface area contributed by atoms with E-state index in [2.05, 4.69) is 0 Å². The highest BCUT2D eigenvalue weighted by molar-refractivity contribution is 7.53. The molecular formula is C14H22NO5P. The van der Waals surface area contributed by atoms with E-state index in [0.717, 1.165) is 5.56 Å². The first-order chi connectivity index (χ1) is 9.95. The van der Waals surface area contributed by atoms with Crippen LogP contribution in [0.4, 0.5) is 10.5 Å². The Balaban J connectivity index is 2.86. The van der Waals surface area contributed by atoms with Gasteiger partial charge in [-0.1, -0.05) is 12.1 Å². The second-order valence-corrected chi connectivity index (χ2v) is 6.35. The van der Waals surface area contributed by atoms with Crippen molar-refractivity contribution in [2.45, 2.75) is 26.9 Å². The van der Waals surface area contributed by atoms with Crippen molar-refractivity contribution in [2.75, 3.05) is 24.7 Å². The van der Waals surface area contributed by atoms with E-state index in [1.165, 1.54) is 4.90 Å². The Morgan fingerprint density at radius 2 is 1.67 bits per heavy atom. The second kappa shape index (κ2) is 8.17. The van der Waals surface area contributed by atoms with Crippen LogP contribution in [0, 0.1) is 0 Å². The highest BCUT2D eigenvalue weighted by Crippen LogP contribution is 2.51. The molecule has 1 rings (SSSR count). The van der Waals surface area contributed by atoms with Crippen molar-refractivity contribution in [3.8, 4) is 0 Å². The monoisotopic (exact) mass is 315 g/mol. The molecule has 0 bridgehead atoms. The largest absolute Gasteiger partial charge is 0.465 e. The number of anilines is 1. The van der Waals surface area contributed by atoms with Crippen molar-refractivity contribution in [1.82, 2.24) is 0 Å². The summed E-state index contributed by atoms with van der Waals surface area (Å²) in [6, 6.07) is 6.86. The van der Waals surface area contributed by atoms with Gasteiger partial charge in [0.25, 0.3) is 0 Å². The molecule has 21 heavy (non-hydrogen) atoms. The Hall–Kier alpha value is -1.36. The second-order valence-electron chi connectivity index (χ2n) is 4.30. The molecule has 1 N–H and O–H groups in total. The Bertz CT molecular complexity index is 493. The summed E-state index contributed by atoms with van der Waals surface area (Å²) in [5.41, 5.74) is 1.36. The average molecular weight is 315 g/mol. The van der Waals surface area contributed by atoms with Gasteiger partial charge in [0.05, 0.1) is 19.4 Å². The molecule has 1 aromatic carbocycles. The first-order valence-electron chi connectivity index (χ1n) is 6.93. The van der Waals surface area contributed by atoms with Crippen LogP contribution in [-0.4, -0.2) is 31.0 Å². The summed E-state index contributed by atoms with van der Waals surface area (Å²) < 4.78 is 22.9. The Morgan fingerprint density at radius 3 is 2.05 bits per heavy atom. The van der Waals surface area contributed by atoms with Gasteiger partial charge in [-0.3, -0.25) is 9.46 Å². The van der Waals surface area contributed by atoms with E-state index in [1.54, 1.807) is 45.0 Å². The van der Waals surface area contributed by atoms with Gasteiger partial charge < -0.3 is 14.2 Å². The van der Waals surface area contributed by atoms with E-state index >= 15 is 0 Å². The molecule has 0 saturated carbocycles. The maximum Gasteiger partial charge on any atom is 0.411 e. The van der Waals surface area contributed by atoms with Gasteiger partial charge in [-0.15, -0.1) is 0 Å². The highest BCUT2D eigenvalue weighted by Gasteiger charge is 2.24. The number of carbonyl (C=O) groups is 1. The van der Waals surface area contributed by atoms with Crippen molar-refractivity contribution in [3.05, 3.63) is 29.8 Å². The third-order valence-electron chi connectivity index (χ3n) is 2.82. The fourth-order valence-corrected chi connectivity index (χ4v) is 3.66. The minimum absolute atomic E-state index is 0.175. The SMILES string of the molecule is CCOP(=O)(Cc1ccc(N(CC)C(=O)O)cc1)OCC. The van der Waals surface area contributed by atoms with Crippen molar-refractivity contribution < 1.29 is 23.5 Å². The summed E-state index contributed by atoms with van der Waals surface area (Å²) in [6.45, 7) is 6.29. The number of nitrogens with zero attached hydrogens (tertiary/aromatic N) is 1. The lowest BCUT2D eigenvalue weighted by molar-refractivity contribution is 0.202. The molecule has 0 unspecified atom stereocenters. The van der Waals surface area contributed by atoms with Crippen LogP contribution in [0.3, 0.4) is 0 Å². The molecule has 0 aliphatic heterocycles. The van der Waals surface area contributed by atoms with E-state index in [1.807, 2.05) is 0 Å². The van der Waals surface area contributed by atoms with Gasteiger partial charge in [-0.05, 0) is 38.5 Å². The predicted octanol–water partition coefficient (Wildman–Crippen LogP) is 3.96. The van der Waals surface area contributed by atoms with Crippen LogP contribution in [-0.2, 0) is 19.8 Å². The molecule has 118 valence electrons. The smallest absolute Gasteiger partial charge is 0.411 e. The molecule has 0 heterocycles. The number of hydrogen-bond acceptors (Lipinski definition) is 4. The lowest BCUT2D eigenvalue weighted by Crippen LogP contribution is -2.28. The maximum absolute atomic E-state index is 12.4. The Kier molecular flexibility index (Phi) is 6.89. The van der Waals surface area contributed by atoms with Crippen LogP contribution >= 0.6 is 7.60 Å². The molecule has 7 heteroatoms. The fourth-order valence-electron chi connectivity index (χ4n) is 1.96. The minimum Gasteiger partial charge on any atom is -0.465 e. The standard InChI is InChI=1S/C14H22NO5P/c1-4-15(14(16)17)13-9-7-12(8-10-13)11-21(18,19-5-2)20-6-3/h7-10H,4-6,11H2,1-3H3,(H,16,17). The molecule has 1 aromatic rings. The highest BCUT2D eigenvalue weighted by atomic mass is 31.2. The molecule has 0 atom stereocenters. The molecule has 1 amide bonds. The van der Waals surface area contributed by atoms with Crippen molar-refractivity contribution in [1.29, 1.82) is 0 Å². The van der Waals surface area contributed by atoms with E-state index in [9.17, 15) is 9.36 Å². The zero-order valence-electron chi connectivity index (χ0n) is 12.6. The van der Waals surface area contributed by atoms with Crippen LogP contribution in [0.1, 0.15) is 26.3 Å². The predicted molar refractivity (Wildman–Crippen MR) is 82.0 cm³/mol. The molecule has 0 fully saturated rings. The van der Waals surface area contributed by atoms with Crippen molar-refractivity contribution >= 4 is 19.4 Å². The molecular weight excluding hydrogens is 293 g/mol. The summed E-state index contributed by atoms with van der Waals surface area (Å²) in [4.78, 5) is 12.3. The third kappa shape index (κ3) is 5.16. The average Bonchev–Trinajstić information content (AvgIpc) is 2.41. The topological polar surface area (TPSA) is 76.1 Å². The molecule has 0 aliphatic rings. The number of benzene rings is 1. The number of hydrogen-bond donors (Lipinski definition) is 1. The van der Waals surface area contributed by atoms with Gasteiger partial charge in [-0.25, -0.2) is 4.79 Å². The molecule has 0 spiro atoms. The van der Waals surface area contributed by atoms with Gasteiger partial charge in [0, 0.05) is 12.2 Å². The van der Waals surface area contributed by atoms with Gasteiger partial charge >= 0.3 is 13.7 Å². The van der Waals surface area contributed by atoms with E-state index in [4.69, 9.17) is 14.2 Å². The van der Waals surface area contributed by atoms with Crippen LogP contribution in [0.25, 0.3) is 0 Å². The van der Waals surface area contributed by atoms with Crippen molar-refractivity contribution in [3.63, 3.8) is 0 Å². The first-order valence-corrected chi connectivity index (χ1v) is 8.66. The van der Waals surface area contributed by atoms with Crippen LogP contribution in [0.5, 0.6) is 0 Å².